The van der Waals surface area contributed by atoms with Gasteiger partial charge in [0.25, 0.3) is 21.9 Å². The number of carbonyl (C=O) groups excluding carboxylic acids is 1. The van der Waals surface area contributed by atoms with Crippen molar-refractivity contribution in [2.45, 2.75) is 53.3 Å². The number of anilines is 1. The standard InChI is InChI=1S/C25H27ClF5N3O4S2/c26-20-9-19(40(36,37)33-24(35)22-5-7-25(30,31)14-38-22)10-21(29)23(20)32-17(6-8-34-11-16(28)12-34)13-39-18-3-1-15(27)2-4-18/h1-4,9-10,16-17,22,32H,5-8,11-14H2,(H,33,35)/t17-,22?/m1/s1. The average molecular weight is 628 g/mol. The van der Waals surface area contributed by atoms with Gasteiger partial charge in [-0.3, -0.25) is 9.69 Å². The highest BCUT2D eigenvalue weighted by Gasteiger charge is 2.39. The number of amides is 1. The molecule has 2 saturated heterocycles. The Kier molecular flexibility index (Phi) is 9.87. The first-order valence-electron chi connectivity index (χ1n) is 12.4. The summed E-state index contributed by atoms with van der Waals surface area (Å²) in [7, 11) is -4.60. The molecule has 1 amide bonds. The number of likely N-dealkylation sites (tertiary alicyclic amines) is 1. The Labute approximate surface area is 237 Å². The van der Waals surface area contributed by atoms with Crippen LogP contribution in [0.25, 0.3) is 0 Å². The van der Waals surface area contributed by atoms with Crippen molar-refractivity contribution in [1.82, 2.24) is 9.62 Å². The number of sulfonamides is 1. The van der Waals surface area contributed by atoms with Crippen molar-refractivity contribution in [2.75, 3.05) is 37.3 Å². The number of rotatable bonds is 11. The van der Waals surface area contributed by atoms with Crippen molar-refractivity contribution in [3.05, 3.63) is 53.1 Å². The molecule has 2 fully saturated rings. The van der Waals surface area contributed by atoms with E-state index in [9.17, 15) is 30.8 Å². The van der Waals surface area contributed by atoms with E-state index in [1.165, 1.54) is 23.9 Å². The summed E-state index contributed by atoms with van der Waals surface area (Å²) in [6.45, 7) is 0.118. The van der Waals surface area contributed by atoms with Crippen molar-refractivity contribution in [1.29, 1.82) is 0 Å². The summed E-state index contributed by atoms with van der Waals surface area (Å²) in [5.74, 6) is -5.22. The van der Waals surface area contributed by atoms with Gasteiger partial charge in [-0.1, -0.05) is 11.6 Å². The van der Waals surface area contributed by atoms with Gasteiger partial charge in [0.2, 0.25) is 0 Å². The lowest BCUT2D eigenvalue weighted by atomic mass is 10.1. The van der Waals surface area contributed by atoms with E-state index < -0.39 is 57.9 Å². The van der Waals surface area contributed by atoms with Crippen molar-refractivity contribution in [2.24, 2.45) is 0 Å². The highest BCUT2D eigenvalue weighted by Crippen LogP contribution is 2.32. The second-order valence-corrected chi connectivity index (χ2v) is 12.9. The minimum atomic E-state index is -4.60. The molecule has 2 aliphatic rings. The number of carbonyl (C=O) groups is 1. The number of hydrogen-bond donors (Lipinski definition) is 2. The molecule has 2 aromatic rings. The lowest BCUT2D eigenvalue weighted by Crippen LogP contribution is -2.49. The first kappa shape index (κ1) is 30.8. The van der Waals surface area contributed by atoms with E-state index in [2.05, 4.69) is 5.32 Å². The number of alkyl halides is 3. The number of halogens is 6. The van der Waals surface area contributed by atoms with E-state index in [4.69, 9.17) is 16.3 Å². The Morgan fingerprint density at radius 1 is 1.20 bits per heavy atom. The van der Waals surface area contributed by atoms with Gasteiger partial charge in [-0.25, -0.2) is 35.1 Å². The molecule has 2 atom stereocenters. The fourth-order valence-corrected chi connectivity index (χ4v) is 6.53. The highest BCUT2D eigenvalue weighted by atomic mass is 35.5. The predicted molar refractivity (Wildman–Crippen MR) is 141 cm³/mol. The summed E-state index contributed by atoms with van der Waals surface area (Å²) < 4.78 is 100. The maximum atomic E-state index is 15.2. The summed E-state index contributed by atoms with van der Waals surface area (Å²) >= 11 is 7.64. The molecule has 2 heterocycles. The molecule has 0 aromatic heterocycles. The van der Waals surface area contributed by atoms with Crippen LogP contribution >= 0.6 is 23.4 Å². The third-order valence-electron chi connectivity index (χ3n) is 6.44. The molecular formula is C25H27ClF5N3O4S2. The van der Waals surface area contributed by atoms with Crippen LogP contribution in [0, 0.1) is 11.6 Å². The minimum Gasteiger partial charge on any atom is -0.378 e. The Balaban J connectivity index is 1.44. The molecule has 0 bridgehead atoms. The van der Waals surface area contributed by atoms with Crippen LogP contribution in [-0.2, 0) is 19.6 Å². The average Bonchev–Trinajstić information content (AvgIpc) is 2.86. The number of thioether (sulfide) groups is 1. The molecular weight excluding hydrogens is 601 g/mol. The van der Waals surface area contributed by atoms with Crippen LogP contribution in [0.2, 0.25) is 5.02 Å². The SMILES string of the molecule is O=C(NS(=O)(=O)c1cc(F)c(N[C@H](CCN2CC(F)C2)CSc2ccc(F)cc2)c(Cl)c1)C1CCC(F)(F)CO1. The molecule has 0 spiro atoms. The van der Waals surface area contributed by atoms with Crippen LogP contribution < -0.4 is 10.0 Å². The summed E-state index contributed by atoms with van der Waals surface area (Å²) in [4.78, 5) is 14.3. The van der Waals surface area contributed by atoms with Crippen LogP contribution in [0.15, 0.2) is 46.2 Å². The first-order valence-corrected chi connectivity index (χ1v) is 15.2. The molecule has 0 radical (unpaired) electrons. The molecule has 220 valence electrons. The number of nitrogens with zero attached hydrogens (tertiary/aromatic N) is 1. The van der Waals surface area contributed by atoms with Gasteiger partial charge in [0.15, 0.2) is 0 Å². The Hall–Kier alpha value is -2.13. The second kappa shape index (κ2) is 12.8. The third kappa shape index (κ3) is 8.21. The van der Waals surface area contributed by atoms with E-state index in [1.54, 1.807) is 16.9 Å². The molecule has 2 N–H and O–H groups in total. The van der Waals surface area contributed by atoms with E-state index >= 15 is 4.39 Å². The fraction of sp³-hybridized carbons (Fsp3) is 0.480. The quantitative estimate of drug-likeness (QED) is 0.272. The van der Waals surface area contributed by atoms with E-state index in [0.717, 1.165) is 11.0 Å². The van der Waals surface area contributed by atoms with Gasteiger partial charge in [0.05, 0.1) is 15.6 Å². The molecule has 15 heteroatoms. The monoisotopic (exact) mass is 627 g/mol. The van der Waals surface area contributed by atoms with Crippen LogP contribution in [0.4, 0.5) is 27.6 Å². The van der Waals surface area contributed by atoms with Crippen molar-refractivity contribution < 1.29 is 39.9 Å². The van der Waals surface area contributed by atoms with Gasteiger partial charge in [-0.2, -0.15) is 0 Å². The zero-order valence-corrected chi connectivity index (χ0v) is 23.4. The second-order valence-electron chi connectivity index (χ2n) is 9.68. The lowest BCUT2D eigenvalue weighted by Gasteiger charge is -2.35. The highest BCUT2D eigenvalue weighted by molar-refractivity contribution is 7.99. The van der Waals surface area contributed by atoms with Crippen LogP contribution in [-0.4, -0.2) is 75.5 Å². The molecule has 40 heavy (non-hydrogen) atoms. The lowest BCUT2D eigenvalue weighted by molar-refractivity contribution is -0.160. The molecule has 2 aromatic carbocycles. The van der Waals surface area contributed by atoms with Crippen molar-refractivity contribution in [3.63, 3.8) is 0 Å². The van der Waals surface area contributed by atoms with Crippen LogP contribution in [0.5, 0.6) is 0 Å². The van der Waals surface area contributed by atoms with Gasteiger partial charge in [0, 0.05) is 42.7 Å². The Bertz CT molecular complexity index is 1280. The van der Waals surface area contributed by atoms with Crippen LogP contribution in [0.1, 0.15) is 19.3 Å². The molecule has 0 aliphatic carbocycles. The van der Waals surface area contributed by atoms with Gasteiger partial charge < -0.3 is 10.1 Å². The largest absolute Gasteiger partial charge is 0.378 e. The number of benzene rings is 2. The van der Waals surface area contributed by atoms with Gasteiger partial charge in [0.1, 0.15) is 30.5 Å². The molecule has 4 rings (SSSR count). The van der Waals surface area contributed by atoms with E-state index in [1.807, 2.05) is 4.90 Å². The summed E-state index contributed by atoms with van der Waals surface area (Å²) in [5.41, 5.74) is -0.165. The molecule has 2 aliphatic heterocycles. The fourth-order valence-electron chi connectivity index (χ4n) is 4.18. The van der Waals surface area contributed by atoms with Gasteiger partial charge in [-0.15, -0.1) is 11.8 Å². The predicted octanol–water partition coefficient (Wildman–Crippen LogP) is 4.85. The minimum absolute atomic E-state index is 0.165. The molecule has 0 saturated carbocycles. The topological polar surface area (TPSA) is 87.7 Å². The maximum absolute atomic E-state index is 15.2. The Morgan fingerprint density at radius 3 is 2.50 bits per heavy atom. The number of hydrogen-bond acceptors (Lipinski definition) is 7. The van der Waals surface area contributed by atoms with Crippen LogP contribution in [0.3, 0.4) is 0 Å². The van der Waals surface area contributed by atoms with Gasteiger partial charge in [-0.05, 0) is 49.2 Å². The number of ether oxygens (including phenoxy) is 1. The Morgan fingerprint density at radius 2 is 1.90 bits per heavy atom. The molecule has 7 nitrogen and oxygen atoms in total. The summed E-state index contributed by atoms with van der Waals surface area (Å²) in [5, 5.41) is 2.72. The van der Waals surface area contributed by atoms with Gasteiger partial charge >= 0.3 is 0 Å². The van der Waals surface area contributed by atoms with E-state index in [0.29, 0.717) is 37.9 Å². The zero-order valence-electron chi connectivity index (χ0n) is 21.0. The smallest absolute Gasteiger partial charge is 0.271 e. The first-order chi connectivity index (χ1) is 18.8. The summed E-state index contributed by atoms with van der Waals surface area (Å²) in [6, 6.07) is 7.10. The summed E-state index contributed by atoms with van der Waals surface area (Å²) in [6.07, 6.45) is -2.82. The maximum Gasteiger partial charge on any atom is 0.271 e. The van der Waals surface area contributed by atoms with Crippen molar-refractivity contribution >= 4 is 45.0 Å². The number of nitrogens with one attached hydrogen (secondary N) is 2. The normalized spacial score (nSPS) is 20.5. The van der Waals surface area contributed by atoms with Crippen molar-refractivity contribution in [3.8, 4) is 0 Å². The zero-order chi connectivity index (χ0) is 29.1. The van der Waals surface area contributed by atoms with E-state index in [-0.39, 0.29) is 29.0 Å². The third-order valence-corrected chi connectivity index (χ3v) is 9.24. The molecule has 1 unspecified atom stereocenters.